The number of hydrogen-bond acceptors (Lipinski definition) is 2. The van der Waals surface area contributed by atoms with Crippen molar-refractivity contribution >= 4 is 0 Å². The summed E-state index contributed by atoms with van der Waals surface area (Å²) in [6.07, 6.45) is 0. The highest BCUT2D eigenvalue weighted by atomic mass is 16.5. The van der Waals surface area contributed by atoms with Crippen molar-refractivity contribution < 1.29 is 9.47 Å². The van der Waals surface area contributed by atoms with Gasteiger partial charge in [-0.25, -0.2) is 0 Å². The maximum absolute atomic E-state index is 5.69. The molecule has 0 spiro atoms. The van der Waals surface area contributed by atoms with Gasteiger partial charge in [-0.05, 0) is 98.5 Å². The normalized spacial score (nSPS) is 9.73. The Hall–Kier alpha value is -3.62. The molecule has 30 heavy (non-hydrogen) atoms. The zero-order chi connectivity index (χ0) is 21.3. The summed E-state index contributed by atoms with van der Waals surface area (Å²) >= 11 is 0. The van der Waals surface area contributed by atoms with E-state index in [1.165, 1.54) is 22.3 Å². The fourth-order valence-electron chi connectivity index (χ4n) is 2.76. The molecular weight excluding hydrogens is 368 g/mol. The lowest BCUT2D eigenvalue weighted by molar-refractivity contribution is 0.370. The summed E-state index contributed by atoms with van der Waals surface area (Å²) < 4.78 is 11.4. The van der Waals surface area contributed by atoms with E-state index in [1.807, 2.05) is 48.5 Å². The van der Waals surface area contributed by atoms with Gasteiger partial charge in [-0.1, -0.05) is 35.8 Å². The standard InChI is InChI=1S/C28H26O2/c1-21-9-15-27(19-23(21)3)29-17-5-7-25-11-13-26(14-12-25)8-6-18-30-28-16-10-22(2)24(4)20-28/h9-16,19-20H,17-18H2,1-4H3. The Morgan fingerprint density at radius 2 is 0.933 bits per heavy atom. The molecule has 0 aliphatic carbocycles. The smallest absolute Gasteiger partial charge is 0.149 e. The van der Waals surface area contributed by atoms with Crippen molar-refractivity contribution in [3.8, 4) is 35.2 Å². The summed E-state index contributed by atoms with van der Waals surface area (Å²) in [4.78, 5) is 0. The van der Waals surface area contributed by atoms with Gasteiger partial charge in [-0.3, -0.25) is 0 Å². The Kier molecular flexibility index (Phi) is 7.20. The van der Waals surface area contributed by atoms with Crippen LogP contribution in [0.15, 0.2) is 60.7 Å². The molecule has 0 radical (unpaired) electrons. The van der Waals surface area contributed by atoms with Crippen LogP contribution in [0.2, 0.25) is 0 Å². The largest absolute Gasteiger partial charge is 0.481 e. The van der Waals surface area contributed by atoms with Crippen molar-refractivity contribution in [2.45, 2.75) is 27.7 Å². The second kappa shape index (κ2) is 10.2. The van der Waals surface area contributed by atoms with E-state index in [0.717, 1.165) is 22.6 Å². The Morgan fingerprint density at radius 1 is 0.533 bits per heavy atom. The maximum atomic E-state index is 5.69. The number of hydrogen-bond donors (Lipinski definition) is 0. The highest BCUT2D eigenvalue weighted by Crippen LogP contribution is 2.17. The monoisotopic (exact) mass is 394 g/mol. The first-order valence-electron chi connectivity index (χ1n) is 9.99. The van der Waals surface area contributed by atoms with E-state index in [0.29, 0.717) is 13.2 Å². The van der Waals surface area contributed by atoms with Crippen molar-refractivity contribution in [1.82, 2.24) is 0 Å². The number of rotatable bonds is 4. The van der Waals surface area contributed by atoms with Gasteiger partial charge in [0.05, 0.1) is 0 Å². The zero-order valence-corrected chi connectivity index (χ0v) is 18.0. The molecular formula is C28H26O2. The molecule has 0 N–H and O–H groups in total. The average molecular weight is 395 g/mol. The first kappa shape index (κ1) is 21.1. The SMILES string of the molecule is Cc1ccc(OCC#Cc2ccc(C#CCOc3ccc(C)c(C)c3)cc2)cc1C. The van der Waals surface area contributed by atoms with Crippen LogP contribution in [0.5, 0.6) is 11.5 Å². The predicted octanol–water partition coefficient (Wildman–Crippen LogP) is 5.78. The Balaban J connectivity index is 1.48. The summed E-state index contributed by atoms with van der Waals surface area (Å²) in [5, 5.41) is 0. The molecule has 0 unspecified atom stereocenters. The van der Waals surface area contributed by atoms with Crippen LogP contribution in [0.4, 0.5) is 0 Å². The van der Waals surface area contributed by atoms with Gasteiger partial charge in [-0.2, -0.15) is 0 Å². The quantitative estimate of drug-likeness (QED) is 0.522. The minimum atomic E-state index is 0.361. The Morgan fingerprint density at radius 3 is 1.30 bits per heavy atom. The van der Waals surface area contributed by atoms with Crippen LogP contribution in [0, 0.1) is 51.4 Å². The highest BCUT2D eigenvalue weighted by molar-refractivity contribution is 5.42. The lowest BCUT2D eigenvalue weighted by atomic mass is 10.1. The van der Waals surface area contributed by atoms with E-state index in [2.05, 4.69) is 63.5 Å². The van der Waals surface area contributed by atoms with E-state index in [9.17, 15) is 0 Å². The van der Waals surface area contributed by atoms with Gasteiger partial charge < -0.3 is 9.47 Å². The van der Waals surface area contributed by atoms with Crippen molar-refractivity contribution in [3.05, 3.63) is 94.0 Å². The molecule has 0 saturated carbocycles. The predicted molar refractivity (Wildman–Crippen MR) is 123 cm³/mol. The lowest BCUT2D eigenvalue weighted by Crippen LogP contribution is -1.95. The van der Waals surface area contributed by atoms with Gasteiger partial charge in [0, 0.05) is 11.1 Å². The third kappa shape index (κ3) is 6.20. The third-order valence-corrected chi connectivity index (χ3v) is 4.93. The molecule has 0 aliphatic heterocycles. The second-order valence-electron chi connectivity index (χ2n) is 7.25. The van der Waals surface area contributed by atoms with Crippen molar-refractivity contribution in [1.29, 1.82) is 0 Å². The van der Waals surface area contributed by atoms with Gasteiger partial charge in [0.25, 0.3) is 0 Å². The van der Waals surface area contributed by atoms with Crippen molar-refractivity contribution in [2.75, 3.05) is 13.2 Å². The average Bonchev–Trinajstić information content (AvgIpc) is 2.74. The molecule has 0 amide bonds. The van der Waals surface area contributed by atoms with Crippen LogP contribution in [0.3, 0.4) is 0 Å². The van der Waals surface area contributed by atoms with Crippen LogP contribution in [0.25, 0.3) is 0 Å². The highest BCUT2D eigenvalue weighted by Gasteiger charge is 1.97. The molecule has 0 saturated heterocycles. The van der Waals surface area contributed by atoms with Crippen LogP contribution in [0.1, 0.15) is 33.4 Å². The fourth-order valence-corrected chi connectivity index (χ4v) is 2.76. The minimum absolute atomic E-state index is 0.361. The first-order chi connectivity index (χ1) is 14.5. The van der Waals surface area contributed by atoms with E-state index in [1.54, 1.807) is 0 Å². The topological polar surface area (TPSA) is 18.5 Å². The van der Waals surface area contributed by atoms with Gasteiger partial charge in [-0.15, -0.1) is 0 Å². The van der Waals surface area contributed by atoms with E-state index < -0.39 is 0 Å². The van der Waals surface area contributed by atoms with Crippen LogP contribution in [-0.4, -0.2) is 13.2 Å². The molecule has 0 aromatic heterocycles. The van der Waals surface area contributed by atoms with E-state index in [4.69, 9.17) is 9.47 Å². The third-order valence-electron chi connectivity index (χ3n) is 4.93. The molecule has 0 fully saturated rings. The molecule has 0 aliphatic rings. The van der Waals surface area contributed by atoms with Crippen LogP contribution < -0.4 is 9.47 Å². The summed E-state index contributed by atoms with van der Waals surface area (Å²) in [6, 6.07) is 20.0. The molecule has 2 heteroatoms. The van der Waals surface area contributed by atoms with E-state index in [-0.39, 0.29) is 0 Å². The summed E-state index contributed by atoms with van der Waals surface area (Å²) in [5.74, 6) is 14.0. The molecule has 3 rings (SSSR count). The van der Waals surface area contributed by atoms with Gasteiger partial charge in [0.1, 0.15) is 24.7 Å². The van der Waals surface area contributed by atoms with Crippen LogP contribution in [-0.2, 0) is 0 Å². The summed E-state index contributed by atoms with van der Waals surface area (Å²) in [5.41, 5.74) is 6.83. The fraction of sp³-hybridized carbons (Fsp3) is 0.214. The zero-order valence-electron chi connectivity index (χ0n) is 18.0. The Labute approximate surface area is 179 Å². The van der Waals surface area contributed by atoms with E-state index >= 15 is 0 Å². The van der Waals surface area contributed by atoms with Gasteiger partial charge >= 0.3 is 0 Å². The molecule has 2 nitrogen and oxygen atoms in total. The molecule has 0 bridgehead atoms. The van der Waals surface area contributed by atoms with Gasteiger partial charge in [0.15, 0.2) is 0 Å². The number of aryl methyl sites for hydroxylation is 4. The van der Waals surface area contributed by atoms with Crippen molar-refractivity contribution in [3.63, 3.8) is 0 Å². The van der Waals surface area contributed by atoms with Crippen LogP contribution >= 0.6 is 0 Å². The molecule has 0 heterocycles. The van der Waals surface area contributed by atoms with Gasteiger partial charge in [0.2, 0.25) is 0 Å². The second-order valence-corrected chi connectivity index (χ2v) is 7.25. The summed E-state index contributed by atoms with van der Waals surface area (Å²) in [6.45, 7) is 9.05. The lowest BCUT2D eigenvalue weighted by Gasteiger charge is -2.05. The summed E-state index contributed by atoms with van der Waals surface area (Å²) in [7, 11) is 0. The number of ether oxygens (including phenoxy) is 2. The minimum Gasteiger partial charge on any atom is -0.481 e. The molecule has 0 atom stereocenters. The Bertz CT molecular complexity index is 1040. The molecule has 3 aromatic carbocycles. The first-order valence-corrected chi connectivity index (χ1v) is 9.99. The van der Waals surface area contributed by atoms with Crippen molar-refractivity contribution in [2.24, 2.45) is 0 Å². The number of benzene rings is 3. The maximum Gasteiger partial charge on any atom is 0.149 e. The molecule has 3 aromatic rings. The molecule has 150 valence electrons.